The molecule has 6 heteroatoms. The molecule has 2 aliphatic heterocycles. The van der Waals surface area contributed by atoms with E-state index in [0.717, 1.165) is 10.9 Å². The Labute approximate surface area is 142 Å². The Hall–Kier alpha value is -3.15. The molecule has 2 aromatic carbocycles. The summed E-state index contributed by atoms with van der Waals surface area (Å²) in [7, 11) is 1.55. The maximum Gasteiger partial charge on any atom is 0.231 e. The van der Waals surface area contributed by atoms with Crippen molar-refractivity contribution in [3.05, 3.63) is 47.7 Å². The molecule has 3 heterocycles. The summed E-state index contributed by atoms with van der Waals surface area (Å²) < 4.78 is 27.8. The molecule has 1 atom stereocenters. The van der Waals surface area contributed by atoms with Crippen LogP contribution in [0.5, 0.6) is 23.0 Å². The molecule has 0 N–H and O–H groups in total. The van der Waals surface area contributed by atoms with Crippen LogP contribution in [0.3, 0.4) is 0 Å². The predicted molar refractivity (Wildman–Crippen MR) is 87.6 cm³/mol. The van der Waals surface area contributed by atoms with E-state index in [0.29, 0.717) is 34.1 Å². The fourth-order valence-electron chi connectivity index (χ4n) is 3.33. The number of hydrogen-bond donors (Lipinski definition) is 0. The Morgan fingerprint density at radius 1 is 1.12 bits per heavy atom. The summed E-state index contributed by atoms with van der Waals surface area (Å²) in [5, 5.41) is 0.730. The van der Waals surface area contributed by atoms with Crippen molar-refractivity contribution in [3.8, 4) is 23.0 Å². The van der Waals surface area contributed by atoms with Gasteiger partial charge in [-0.3, -0.25) is 4.79 Å². The van der Waals surface area contributed by atoms with Gasteiger partial charge >= 0.3 is 0 Å². The van der Waals surface area contributed by atoms with Crippen molar-refractivity contribution in [1.82, 2.24) is 0 Å². The molecule has 0 amide bonds. The van der Waals surface area contributed by atoms with Crippen LogP contribution < -0.4 is 18.9 Å². The second-order valence-electron chi connectivity index (χ2n) is 5.97. The minimum Gasteiger partial charge on any atom is -0.493 e. The van der Waals surface area contributed by atoms with Crippen molar-refractivity contribution in [2.75, 3.05) is 13.9 Å². The Kier molecular flexibility index (Phi) is 2.94. The summed E-state index contributed by atoms with van der Waals surface area (Å²) in [5.41, 5.74) is 1.96. The first kappa shape index (κ1) is 14.2. The Morgan fingerprint density at radius 3 is 2.88 bits per heavy atom. The molecule has 0 aliphatic carbocycles. The van der Waals surface area contributed by atoms with E-state index in [2.05, 4.69) is 0 Å². The van der Waals surface area contributed by atoms with E-state index >= 15 is 0 Å². The number of hydrogen-bond acceptors (Lipinski definition) is 6. The highest BCUT2D eigenvalue weighted by molar-refractivity contribution is 6.07. The molecule has 0 fully saturated rings. The van der Waals surface area contributed by atoms with Crippen molar-refractivity contribution in [1.29, 1.82) is 0 Å². The summed E-state index contributed by atoms with van der Waals surface area (Å²) >= 11 is 0. The van der Waals surface area contributed by atoms with Gasteiger partial charge < -0.3 is 23.4 Å². The van der Waals surface area contributed by atoms with Crippen LogP contribution in [-0.4, -0.2) is 19.7 Å². The molecule has 0 bridgehead atoms. The number of benzene rings is 2. The quantitative estimate of drug-likeness (QED) is 0.706. The number of ether oxygens (including phenoxy) is 4. The zero-order chi connectivity index (χ0) is 17.0. The van der Waals surface area contributed by atoms with Crippen LogP contribution in [-0.2, 0) is 0 Å². The van der Waals surface area contributed by atoms with Crippen molar-refractivity contribution in [2.24, 2.45) is 0 Å². The van der Waals surface area contributed by atoms with E-state index in [1.165, 1.54) is 0 Å². The van der Waals surface area contributed by atoms with Crippen LogP contribution in [0.15, 0.2) is 41.0 Å². The number of carbonyl (C=O) groups is 1. The van der Waals surface area contributed by atoms with Crippen molar-refractivity contribution in [3.63, 3.8) is 0 Å². The number of fused-ring (bicyclic) bond motifs is 4. The lowest BCUT2D eigenvalue weighted by atomic mass is 9.94. The largest absolute Gasteiger partial charge is 0.493 e. The van der Waals surface area contributed by atoms with Crippen LogP contribution in [0, 0.1) is 0 Å². The Morgan fingerprint density at radius 2 is 2.00 bits per heavy atom. The highest BCUT2D eigenvalue weighted by atomic mass is 16.7. The van der Waals surface area contributed by atoms with Gasteiger partial charge in [-0.1, -0.05) is 6.07 Å². The second kappa shape index (κ2) is 5.17. The molecule has 126 valence electrons. The minimum absolute atomic E-state index is 0.00492. The zero-order valence-corrected chi connectivity index (χ0v) is 13.4. The lowest BCUT2D eigenvalue weighted by molar-refractivity contribution is 0.0852. The molecular weight excluding hydrogens is 324 g/mol. The van der Waals surface area contributed by atoms with Crippen LogP contribution in [0.2, 0.25) is 0 Å². The third-order valence-corrected chi connectivity index (χ3v) is 4.57. The maximum absolute atomic E-state index is 12.7. The van der Waals surface area contributed by atoms with Gasteiger partial charge in [0.2, 0.25) is 6.79 Å². The third-order valence-electron chi connectivity index (χ3n) is 4.57. The number of rotatable bonds is 2. The highest BCUT2D eigenvalue weighted by Gasteiger charge is 2.32. The van der Waals surface area contributed by atoms with Gasteiger partial charge in [0.15, 0.2) is 28.6 Å². The van der Waals surface area contributed by atoms with Gasteiger partial charge in [-0.2, -0.15) is 0 Å². The van der Waals surface area contributed by atoms with Crippen molar-refractivity contribution in [2.45, 2.75) is 12.5 Å². The first-order valence-corrected chi connectivity index (χ1v) is 7.92. The average Bonchev–Trinajstić information content (AvgIpc) is 3.29. The third kappa shape index (κ3) is 2.07. The van der Waals surface area contributed by atoms with Gasteiger partial charge in [0.05, 0.1) is 30.7 Å². The fraction of sp³-hybridized carbons (Fsp3) is 0.211. The van der Waals surface area contributed by atoms with E-state index in [1.807, 2.05) is 18.2 Å². The first-order valence-electron chi connectivity index (χ1n) is 7.92. The normalized spacial score (nSPS) is 18.1. The summed E-state index contributed by atoms with van der Waals surface area (Å²) in [6, 6.07) is 9.06. The molecule has 0 saturated heterocycles. The number of ketones is 1. The van der Waals surface area contributed by atoms with Gasteiger partial charge in [-0.15, -0.1) is 0 Å². The molecule has 25 heavy (non-hydrogen) atoms. The van der Waals surface area contributed by atoms with Gasteiger partial charge in [0.1, 0.15) is 11.9 Å². The molecule has 0 saturated carbocycles. The smallest absolute Gasteiger partial charge is 0.231 e. The molecular formula is C19H14O6. The van der Waals surface area contributed by atoms with E-state index in [9.17, 15) is 4.79 Å². The monoisotopic (exact) mass is 338 g/mol. The summed E-state index contributed by atoms with van der Waals surface area (Å²) in [5.74, 6) is 2.43. The van der Waals surface area contributed by atoms with E-state index in [1.54, 1.807) is 25.5 Å². The van der Waals surface area contributed by atoms with Crippen molar-refractivity contribution < 1.29 is 28.2 Å². The van der Waals surface area contributed by atoms with Crippen LogP contribution >= 0.6 is 0 Å². The Balaban J connectivity index is 1.60. The highest BCUT2D eigenvalue weighted by Crippen LogP contribution is 2.45. The average molecular weight is 338 g/mol. The predicted octanol–water partition coefficient (Wildman–Crippen LogP) is 3.88. The van der Waals surface area contributed by atoms with Gasteiger partial charge in [-0.05, 0) is 29.8 Å². The van der Waals surface area contributed by atoms with Crippen molar-refractivity contribution >= 4 is 16.8 Å². The standard InChI is InChI=1S/C19H14O6/c1-21-17-7-12-13(20)8-15(25-18(12)11-4-5-22-19(11)17)10-2-3-14-16(6-10)24-9-23-14/h2-7,15H,8-9H2,1H3/t15-/m1/s1. The summed E-state index contributed by atoms with van der Waals surface area (Å²) in [4.78, 5) is 12.7. The molecule has 3 aromatic rings. The van der Waals surface area contributed by atoms with E-state index < -0.39 is 0 Å². The van der Waals surface area contributed by atoms with Crippen LogP contribution in [0.4, 0.5) is 0 Å². The zero-order valence-electron chi connectivity index (χ0n) is 13.4. The lowest BCUT2D eigenvalue weighted by Crippen LogP contribution is -2.20. The van der Waals surface area contributed by atoms with Gasteiger partial charge in [0.25, 0.3) is 0 Å². The van der Waals surface area contributed by atoms with E-state index in [-0.39, 0.29) is 25.1 Å². The molecule has 0 spiro atoms. The van der Waals surface area contributed by atoms with Gasteiger partial charge in [-0.25, -0.2) is 0 Å². The first-order chi connectivity index (χ1) is 12.2. The summed E-state index contributed by atoms with van der Waals surface area (Å²) in [6.45, 7) is 0.210. The van der Waals surface area contributed by atoms with Gasteiger partial charge in [0, 0.05) is 0 Å². The topological polar surface area (TPSA) is 67.1 Å². The maximum atomic E-state index is 12.7. The minimum atomic E-state index is -0.388. The second-order valence-corrected chi connectivity index (χ2v) is 5.97. The number of methoxy groups -OCH3 is 1. The lowest BCUT2D eigenvalue weighted by Gasteiger charge is -2.26. The summed E-state index contributed by atoms with van der Waals surface area (Å²) in [6.07, 6.45) is 1.42. The number of carbonyl (C=O) groups excluding carboxylic acids is 1. The number of Topliss-reactive ketones (excluding diaryl/α,β-unsaturated/α-hetero) is 1. The fourth-order valence-corrected chi connectivity index (χ4v) is 3.33. The SMILES string of the molecule is COc1cc2c(c3ccoc13)O[C@@H](c1ccc3c(c1)OCO3)CC2=O. The number of furan rings is 1. The Bertz CT molecular complexity index is 1000. The molecule has 5 rings (SSSR count). The molecule has 0 radical (unpaired) electrons. The molecule has 0 unspecified atom stereocenters. The molecule has 2 aliphatic rings. The van der Waals surface area contributed by atoms with Crippen LogP contribution in [0.1, 0.15) is 28.4 Å². The molecule has 6 nitrogen and oxygen atoms in total. The molecule has 1 aromatic heterocycles. The van der Waals surface area contributed by atoms with E-state index in [4.69, 9.17) is 23.4 Å². The van der Waals surface area contributed by atoms with Crippen LogP contribution in [0.25, 0.3) is 11.0 Å².